The molecule has 0 saturated heterocycles. The molecule has 0 amide bonds. The molecule has 0 aliphatic heterocycles. The number of nitrogens with zero attached hydrogens (tertiary/aromatic N) is 3. The molecule has 0 unspecified atom stereocenters. The number of benzene rings is 1. The summed E-state index contributed by atoms with van der Waals surface area (Å²) < 4.78 is 5.70. The molecule has 0 aliphatic carbocycles. The van der Waals surface area contributed by atoms with Gasteiger partial charge in [-0.15, -0.1) is 24.0 Å². The molecule has 19 heavy (non-hydrogen) atoms. The van der Waals surface area contributed by atoms with Crippen molar-refractivity contribution in [1.82, 2.24) is 9.80 Å². The monoisotopic (exact) mass is 377 g/mol. The molecule has 0 fully saturated rings. The van der Waals surface area contributed by atoms with Gasteiger partial charge in [-0.25, -0.2) is 4.99 Å². The number of para-hydroxylation sites is 1. The predicted molar refractivity (Wildman–Crippen MR) is 91.8 cm³/mol. The van der Waals surface area contributed by atoms with Crippen molar-refractivity contribution in [2.75, 3.05) is 41.3 Å². The molecule has 108 valence electrons. The van der Waals surface area contributed by atoms with E-state index in [1.165, 1.54) is 0 Å². The van der Waals surface area contributed by atoms with Crippen LogP contribution in [-0.2, 0) is 0 Å². The second kappa shape index (κ2) is 9.01. The Bertz CT molecular complexity index is 395. The summed E-state index contributed by atoms with van der Waals surface area (Å²) in [7, 11) is 7.95. The minimum absolute atomic E-state index is 0. The molecule has 1 rings (SSSR count). The summed E-state index contributed by atoms with van der Waals surface area (Å²) in [6, 6.07) is 8.02. The molecule has 1 aromatic carbocycles. The molecular weight excluding hydrogens is 353 g/mol. The van der Waals surface area contributed by atoms with E-state index in [0.29, 0.717) is 13.2 Å². The van der Waals surface area contributed by atoms with Crippen molar-refractivity contribution in [1.29, 1.82) is 0 Å². The lowest BCUT2D eigenvalue weighted by Crippen LogP contribution is -2.35. The maximum absolute atomic E-state index is 5.70. The second-order valence-corrected chi connectivity index (χ2v) is 4.58. The first-order valence-corrected chi connectivity index (χ1v) is 6.10. The lowest BCUT2D eigenvalue weighted by molar-refractivity contribution is 0.324. The summed E-state index contributed by atoms with van der Waals surface area (Å²) >= 11 is 0. The normalized spacial score (nSPS) is 9.32. The van der Waals surface area contributed by atoms with Crippen molar-refractivity contribution in [3.8, 4) is 5.75 Å². The van der Waals surface area contributed by atoms with E-state index in [1.807, 2.05) is 69.2 Å². The van der Waals surface area contributed by atoms with Gasteiger partial charge < -0.3 is 14.5 Å². The molecule has 0 atom stereocenters. The van der Waals surface area contributed by atoms with Crippen molar-refractivity contribution in [3.05, 3.63) is 29.8 Å². The molecule has 1 aromatic rings. The first-order chi connectivity index (χ1) is 8.52. The smallest absolute Gasteiger partial charge is 0.195 e. The standard InChI is InChI=1S/C14H23N3O.HI/c1-12-8-6-7-9-13(12)18-11-10-15-14(16(2)3)17(4)5;/h6-9H,10-11H2,1-5H3;1H. The van der Waals surface area contributed by atoms with E-state index in [1.54, 1.807) is 0 Å². The van der Waals surface area contributed by atoms with Crippen LogP contribution < -0.4 is 4.74 Å². The topological polar surface area (TPSA) is 28.1 Å². The molecule has 0 spiro atoms. The number of ether oxygens (including phenoxy) is 1. The number of halogens is 1. The number of aliphatic imine (C=N–C) groups is 1. The van der Waals surface area contributed by atoms with Gasteiger partial charge in [0.2, 0.25) is 0 Å². The summed E-state index contributed by atoms with van der Waals surface area (Å²) in [4.78, 5) is 8.50. The van der Waals surface area contributed by atoms with Crippen LogP contribution in [0.1, 0.15) is 5.56 Å². The van der Waals surface area contributed by atoms with E-state index < -0.39 is 0 Å². The fourth-order valence-electron chi connectivity index (χ4n) is 1.70. The molecule has 0 aliphatic rings. The van der Waals surface area contributed by atoms with Gasteiger partial charge in [0.1, 0.15) is 12.4 Å². The maximum atomic E-state index is 5.70. The van der Waals surface area contributed by atoms with Gasteiger partial charge in [0.25, 0.3) is 0 Å². The Kier molecular flexibility index (Phi) is 8.54. The fourth-order valence-corrected chi connectivity index (χ4v) is 1.70. The van der Waals surface area contributed by atoms with Crippen LogP contribution in [0.15, 0.2) is 29.3 Å². The molecule has 4 nitrogen and oxygen atoms in total. The Labute approximate surface area is 133 Å². The van der Waals surface area contributed by atoms with Crippen LogP contribution in [0.3, 0.4) is 0 Å². The van der Waals surface area contributed by atoms with Crippen molar-refractivity contribution in [2.45, 2.75) is 6.92 Å². The van der Waals surface area contributed by atoms with Gasteiger partial charge >= 0.3 is 0 Å². The molecule has 0 saturated carbocycles. The zero-order valence-electron chi connectivity index (χ0n) is 12.4. The second-order valence-electron chi connectivity index (χ2n) is 4.58. The van der Waals surface area contributed by atoms with Crippen molar-refractivity contribution < 1.29 is 4.74 Å². The quantitative estimate of drug-likeness (QED) is 0.349. The van der Waals surface area contributed by atoms with Crippen molar-refractivity contribution >= 4 is 29.9 Å². The zero-order valence-corrected chi connectivity index (χ0v) is 14.7. The third-order valence-electron chi connectivity index (χ3n) is 2.50. The summed E-state index contributed by atoms with van der Waals surface area (Å²) in [5.41, 5.74) is 1.15. The minimum Gasteiger partial charge on any atom is -0.491 e. The molecule has 0 aromatic heterocycles. The first-order valence-electron chi connectivity index (χ1n) is 6.10. The van der Waals surface area contributed by atoms with E-state index in [4.69, 9.17) is 4.74 Å². The highest BCUT2D eigenvalue weighted by atomic mass is 127. The van der Waals surface area contributed by atoms with Crippen molar-refractivity contribution in [3.63, 3.8) is 0 Å². The highest BCUT2D eigenvalue weighted by Crippen LogP contribution is 2.15. The Morgan fingerprint density at radius 3 is 2.21 bits per heavy atom. The van der Waals surface area contributed by atoms with Crippen LogP contribution in [0.2, 0.25) is 0 Å². The number of aryl methyl sites for hydroxylation is 1. The van der Waals surface area contributed by atoms with Crippen LogP contribution in [0.25, 0.3) is 0 Å². The fraction of sp³-hybridized carbons (Fsp3) is 0.500. The molecular formula is C14H24IN3O. The number of hydrogen-bond acceptors (Lipinski definition) is 2. The number of rotatable bonds is 4. The zero-order chi connectivity index (χ0) is 13.5. The Hall–Kier alpha value is -0.980. The number of guanidine groups is 1. The molecule has 5 heteroatoms. The SMILES string of the molecule is Cc1ccccc1OCCN=C(N(C)C)N(C)C.I. The van der Waals surface area contributed by atoms with E-state index in [-0.39, 0.29) is 24.0 Å². The van der Waals surface area contributed by atoms with Crippen LogP contribution >= 0.6 is 24.0 Å². The van der Waals surface area contributed by atoms with Crippen LogP contribution in [0, 0.1) is 6.92 Å². The Balaban J connectivity index is 0.00000324. The third kappa shape index (κ3) is 6.13. The van der Waals surface area contributed by atoms with Crippen LogP contribution in [0.5, 0.6) is 5.75 Å². The highest BCUT2D eigenvalue weighted by molar-refractivity contribution is 14.0. The summed E-state index contributed by atoms with van der Waals surface area (Å²) in [6.07, 6.45) is 0. The van der Waals surface area contributed by atoms with Crippen LogP contribution in [-0.4, -0.2) is 57.1 Å². The van der Waals surface area contributed by atoms with E-state index in [2.05, 4.69) is 4.99 Å². The summed E-state index contributed by atoms with van der Waals surface area (Å²) in [5, 5.41) is 0. The Morgan fingerprint density at radius 1 is 1.11 bits per heavy atom. The largest absolute Gasteiger partial charge is 0.491 e. The molecule has 0 bridgehead atoms. The highest BCUT2D eigenvalue weighted by Gasteiger charge is 2.03. The lowest BCUT2D eigenvalue weighted by Gasteiger charge is -2.22. The van der Waals surface area contributed by atoms with Gasteiger partial charge in [0.05, 0.1) is 6.54 Å². The van der Waals surface area contributed by atoms with Gasteiger partial charge in [0, 0.05) is 28.2 Å². The van der Waals surface area contributed by atoms with Gasteiger partial charge in [-0.05, 0) is 18.6 Å². The minimum atomic E-state index is 0. The maximum Gasteiger partial charge on any atom is 0.195 e. The first kappa shape index (κ1) is 18.0. The van der Waals surface area contributed by atoms with Gasteiger partial charge in [-0.3, -0.25) is 0 Å². The molecule has 0 N–H and O–H groups in total. The predicted octanol–water partition coefficient (Wildman–Crippen LogP) is 2.47. The number of hydrogen-bond donors (Lipinski definition) is 0. The van der Waals surface area contributed by atoms with Crippen molar-refractivity contribution in [2.24, 2.45) is 4.99 Å². The average molecular weight is 377 g/mol. The Morgan fingerprint density at radius 2 is 1.68 bits per heavy atom. The van der Waals surface area contributed by atoms with E-state index in [0.717, 1.165) is 17.3 Å². The average Bonchev–Trinajstić information content (AvgIpc) is 2.30. The van der Waals surface area contributed by atoms with E-state index in [9.17, 15) is 0 Å². The van der Waals surface area contributed by atoms with Gasteiger partial charge in [-0.2, -0.15) is 0 Å². The molecule has 0 heterocycles. The van der Waals surface area contributed by atoms with E-state index >= 15 is 0 Å². The third-order valence-corrected chi connectivity index (χ3v) is 2.50. The van der Waals surface area contributed by atoms with Gasteiger partial charge in [0.15, 0.2) is 5.96 Å². The lowest BCUT2D eigenvalue weighted by atomic mass is 10.2. The summed E-state index contributed by atoms with van der Waals surface area (Å²) in [6.45, 7) is 3.29. The van der Waals surface area contributed by atoms with Crippen LogP contribution in [0.4, 0.5) is 0 Å². The van der Waals surface area contributed by atoms with Gasteiger partial charge in [-0.1, -0.05) is 18.2 Å². The molecule has 0 radical (unpaired) electrons. The summed E-state index contributed by atoms with van der Waals surface area (Å²) in [5.74, 6) is 1.88.